The molecule has 0 spiro atoms. The summed E-state index contributed by atoms with van der Waals surface area (Å²) in [6, 6.07) is 1.46. The Morgan fingerprint density at radius 2 is 1.80 bits per heavy atom. The van der Waals surface area contributed by atoms with Gasteiger partial charge in [0.25, 0.3) is 5.56 Å². The van der Waals surface area contributed by atoms with Crippen molar-refractivity contribution in [1.82, 2.24) is 19.4 Å². The molecule has 0 unspecified atom stereocenters. The number of rotatable bonds is 5. The second-order valence-electron chi connectivity index (χ2n) is 9.54. The molecule has 2 aromatic rings. The minimum atomic E-state index is 0.187. The molecule has 0 amide bonds. The molecule has 1 atom stereocenters. The third kappa shape index (κ3) is 3.98. The van der Waals surface area contributed by atoms with Crippen LogP contribution in [0.2, 0.25) is 0 Å². The van der Waals surface area contributed by atoms with Crippen molar-refractivity contribution in [1.29, 1.82) is 0 Å². The fourth-order valence-electron chi connectivity index (χ4n) is 5.88. The molecule has 0 aromatic carbocycles. The molecule has 6 heteroatoms. The number of fused-ring (bicyclic) bond motifs is 3. The highest BCUT2D eigenvalue weighted by Crippen LogP contribution is 2.36. The largest absolute Gasteiger partial charge is 0.300 e. The van der Waals surface area contributed by atoms with E-state index in [0.29, 0.717) is 6.04 Å². The van der Waals surface area contributed by atoms with Crippen molar-refractivity contribution >= 4 is 21.6 Å². The summed E-state index contributed by atoms with van der Waals surface area (Å²) in [5.41, 5.74) is 1.50. The average Bonchev–Trinajstić information content (AvgIpc) is 3.18. The van der Waals surface area contributed by atoms with Gasteiger partial charge in [0.2, 0.25) is 0 Å². The van der Waals surface area contributed by atoms with Crippen LogP contribution in [0.25, 0.3) is 10.2 Å². The summed E-state index contributed by atoms with van der Waals surface area (Å²) in [5, 5.41) is 0.927. The monoisotopic (exact) mass is 428 g/mol. The highest BCUT2D eigenvalue weighted by molar-refractivity contribution is 7.18. The maximum absolute atomic E-state index is 13.1. The molecule has 2 aromatic heterocycles. The van der Waals surface area contributed by atoms with E-state index in [4.69, 9.17) is 0 Å². The van der Waals surface area contributed by atoms with Crippen LogP contribution < -0.4 is 5.56 Å². The van der Waals surface area contributed by atoms with Gasteiger partial charge in [0.15, 0.2) is 0 Å². The first-order valence-corrected chi connectivity index (χ1v) is 13.0. The first kappa shape index (κ1) is 20.7. The number of likely N-dealkylation sites (tertiary alicyclic amines) is 2. The number of thiophene rings is 1. The summed E-state index contributed by atoms with van der Waals surface area (Å²) >= 11 is 1.78. The molecule has 0 N–H and O–H groups in total. The number of unbranched alkanes of at least 4 members (excludes halogenated alkanes) is 1. The maximum atomic E-state index is 13.1. The van der Waals surface area contributed by atoms with Crippen molar-refractivity contribution in [2.24, 2.45) is 0 Å². The van der Waals surface area contributed by atoms with Gasteiger partial charge in [-0.1, -0.05) is 19.8 Å². The van der Waals surface area contributed by atoms with Gasteiger partial charge in [0.1, 0.15) is 4.83 Å². The minimum Gasteiger partial charge on any atom is -0.300 e. The Labute approximate surface area is 184 Å². The summed E-state index contributed by atoms with van der Waals surface area (Å²) in [4.78, 5) is 25.6. The van der Waals surface area contributed by atoms with Crippen LogP contribution in [0, 0.1) is 0 Å². The summed E-state index contributed by atoms with van der Waals surface area (Å²) in [7, 11) is 0. The third-order valence-corrected chi connectivity index (χ3v) is 8.85. The number of hydrogen-bond acceptors (Lipinski definition) is 5. The molecule has 2 saturated heterocycles. The lowest BCUT2D eigenvalue weighted by Gasteiger charge is -2.43. The Balaban J connectivity index is 1.27. The molecule has 5 nitrogen and oxygen atoms in total. The smallest absolute Gasteiger partial charge is 0.262 e. The van der Waals surface area contributed by atoms with E-state index < -0.39 is 0 Å². The van der Waals surface area contributed by atoms with Gasteiger partial charge >= 0.3 is 0 Å². The predicted molar refractivity (Wildman–Crippen MR) is 125 cm³/mol. The summed E-state index contributed by atoms with van der Waals surface area (Å²) in [6.07, 6.45) is 14.1. The van der Waals surface area contributed by atoms with E-state index >= 15 is 0 Å². The molecule has 164 valence electrons. The Morgan fingerprint density at radius 1 is 1.03 bits per heavy atom. The zero-order chi connectivity index (χ0) is 20.5. The maximum Gasteiger partial charge on any atom is 0.262 e. The highest BCUT2D eigenvalue weighted by Gasteiger charge is 2.32. The fraction of sp³-hybridized carbons (Fsp3) is 0.750. The number of hydrogen-bond donors (Lipinski definition) is 0. The van der Waals surface area contributed by atoms with Crippen LogP contribution in [0.5, 0.6) is 0 Å². The van der Waals surface area contributed by atoms with E-state index in [0.717, 1.165) is 48.5 Å². The van der Waals surface area contributed by atoms with E-state index in [9.17, 15) is 4.79 Å². The molecular formula is C24H36N4OS. The standard InChI is InChI=1S/C24H36N4OS/c1-2-3-11-28-17-25-23-22(24(28)29)20-8-7-19(16-21(20)30-23)27-14-9-18(10-15-27)26-12-5-4-6-13-26/h17-19H,2-16H2,1H3/t19-/m0/s1. The molecule has 0 saturated carbocycles. The van der Waals surface area contributed by atoms with E-state index in [1.54, 1.807) is 17.7 Å². The molecule has 5 rings (SSSR count). The van der Waals surface area contributed by atoms with Crippen molar-refractivity contribution in [2.45, 2.75) is 89.8 Å². The average molecular weight is 429 g/mol. The molecule has 0 bridgehead atoms. The van der Waals surface area contributed by atoms with Crippen molar-refractivity contribution in [3.63, 3.8) is 0 Å². The minimum absolute atomic E-state index is 0.187. The third-order valence-electron chi connectivity index (χ3n) is 7.68. The fourth-order valence-corrected chi connectivity index (χ4v) is 7.13. The van der Waals surface area contributed by atoms with E-state index in [2.05, 4.69) is 21.7 Å². The number of aryl methyl sites for hydroxylation is 2. The van der Waals surface area contributed by atoms with E-state index in [1.807, 2.05) is 4.57 Å². The van der Waals surface area contributed by atoms with Crippen molar-refractivity contribution in [3.05, 3.63) is 27.1 Å². The molecule has 0 radical (unpaired) electrons. The van der Waals surface area contributed by atoms with Crippen LogP contribution in [-0.4, -0.2) is 57.6 Å². The molecule has 2 aliphatic heterocycles. The lowest BCUT2D eigenvalue weighted by atomic mass is 9.90. The lowest BCUT2D eigenvalue weighted by Crippen LogP contribution is -2.50. The second kappa shape index (κ2) is 9.09. The van der Waals surface area contributed by atoms with Crippen LogP contribution in [-0.2, 0) is 19.4 Å². The molecular weight excluding hydrogens is 392 g/mol. The lowest BCUT2D eigenvalue weighted by molar-refractivity contribution is 0.0687. The van der Waals surface area contributed by atoms with Crippen molar-refractivity contribution in [2.75, 3.05) is 26.2 Å². The van der Waals surface area contributed by atoms with Gasteiger partial charge in [-0.3, -0.25) is 14.3 Å². The van der Waals surface area contributed by atoms with Crippen LogP contribution in [0.3, 0.4) is 0 Å². The van der Waals surface area contributed by atoms with Gasteiger partial charge in [-0.05, 0) is 83.1 Å². The molecule has 3 aliphatic rings. The van der Waals surface area contributed by atoms with Gasteiger partial charge in [0.05, 0.1) is 11.7 Å². The highest BCUT2D eigenvalue weighted by atomic mass is 32.1. The van der Waals surface area contributed by atoms with Gasteiger partial charge in [-0.15, -0.1) is 11.3 Å². The SMILES string of the molecule is CCCCn1cnc2sc3c(c2c1=O)CC[C@H](N1CCC(N2CCCCC2)CC1)C3. The molecule has 2 fully saturated rings. The Kier molecular flexibility index (Phi) is 6.26. The summed E-state index contributed by atoms with van der Waals surface area (Å²) in [6.45, 7) is 8.09. The number of nitrogens with zero attached hydrogens (tertiary/aromatic N) is 4. The summed E-state index contributed by atoms with van der Waals surface area (Å²) in [5.74, 6) is 0. The van der Waals surface area contributed by atoms with E-state index in [-0.39, 0.29) is 5.56 Å². The zero-order valence-electron chi connectivity index (χ0n) is 18.4. The molecule has 1 aliphatic carbocycles. The van der Waals surface area contributed by atoms with Gasteiger partial charge in [-0.2, -0.15) is 0 Å². The Morgan fingerprint density at radius 3 is 2.57 bits per heavy atom. The normalized spacial score (nSPS) is 24.4. The van der Waals surface area contributed by atoms with Gasteiger partial charge in [0, 0.05) is 23.5 Å². The first-order chi connectivity index (χ1) is 14.7. The number of aromatic nitrogens is 2. The van der Waals surface area contributed by atoms with Crippen molar-refractivity contribution < 1.29 is 0 Å². The van der Waals surface area contributed by atoms with Crippen LogP contribution in [0.4, 0.5) is 0 Å². The predicted octanol–water partition coefficient (Wildman–Crippen LogP) is 4.07. The van der Waals surface area contributed by atoms with Crippen LogP contribution >= 0.6 is 11.3 Å². The van der Waals surface area contributed by atoms with E-state index in [1.165, 1.54) is 75.1 Å². The topological polar surface area (TPSA) is 41.4 Å². The molecule has 4 heterocycles. The van der Waals surface area contributed by atoms with Gasteiger partial charge < -0.3 is 4.90 Å². The summed E-state index contributed by atoms with van der Waals surface area (Å²) < 4.78 is 1.83. The first-order valence-electron chi connectivity index (χ1n) is 12.2. The quantitative estimate of drug-likeness (QED) is 0.720. The van der Waals surface area contributed by atoms with Crippen LogP contribution in [0.1, 0.15) is 68.7 Å². The number of piperidine rings is 2. The molecule has 30 heavy (non-hydrogen) atoms. The zero-order valence-corrected chi connectivity index (χ0v) is 19.3. The Hall–Kier alpha value is -1.24. The van der Waals surface area contributed by atoms with Crippen LogP contribution in [0.15, 0.2) is 11.1 Å². The second-order valence-corrected chi connectivity index (χ2v) is 10.6. The van der Waals surface area contributed by atoms with Gasteiger partial charge in [-0.25, -0.2) is 4.98 Å². The van der Waals surface area contributed by atoms with Crippen molar-refractivity contribution in [3.8, 4) is 0 Å². The Bertz CT molecular complexity index is 921.